The number of rotatable bonds is 6. The second-order valence-electron chi connectivity index (χ2n) is 6.21. The van der Waals surface area contributed by atoms with E-state index in [-0.39, 0.29) is 31.4 Å². The number of hydrogen-bond acceptors (Lipinski definition) is 2. The molecule has 0 heterocycles. The quantitative estimate of drug-likeness (QED) is 0.447. The molecular weight excluding hydrogens is 438 g/mol. The Morgan fingerprint density at radius 1 is 0.867 bits per heavy atom. The first kappa shape index (κ1) is 23.5. The number of anilines is 1. The van der Waals surface area contributed by atoms with Crippen molar-refractivity contribution in [3.63, 3.8) is 0 Å². The molecule has 0 aliphatic carbocycles. The van der Waals surface area contributed by atoms with Crippen molar-refractivity contribution in [3.05, 3.63) is 64.2 Å². The zero-order valence-electron chi connectivity index (χ0n) is 15.1. The van der Waals surface area contributed by atoms with E-state index < -0.39 is 35.0 Å². The maximum atomic E-state index is 12.8. The fourth-order valence-electron chi connectivity index (χ4n) is 2.40. The van der Waals surface area contributed by atoms with E-state index in [0.717, 1.165) is 0 Å². The van der Waals surface area contributed by atoms with Crippen LogP contribution in [0.25, 0.3) is 0 Å². The van der Waals surface area contributed by atoms with Crippen LogP contribution in [0.1, 0.15) is 34.3 Å². The van der Waals surface area contributed by atoms with Crippen molar-refractivity contribution in [1.29, 1.82) is 0 Å². The molecular formula is C19H15ClF6N2O2. The lowest BCUT2D eigenvalue weighted by Gasteiger charge is -2.14. The van der Waals surface area contributed by atoms with Gasteiger partial charge in [0.15, 0.2) is 0 Å². The Hall–Kier alpha value is -2.75. The largest absolute Gasteiger partial charge is 0.416 e. The Morgan fingerprint density at radius 3 is 1.90 bits per heavy atom. The number of hydrogen-bond donors (Lipinski definition) is 2. The van der Waals surface area contributed by atoms with Crippen LogP contribution in [0, 0.1) is 0 Å². The van der Waals surface area contributed by atoms with Crippen LogP contribution < -0.4 is 10.6 Å². The summed E-state index contributed by atoms with van der Waals surface area (Å²) in [6.45, 7) is -0.121. The second-order valence-corrected chi connectivity index (χ2v) is 6.65. The summed E-state index contributed by atoms with van der Waals surface area (Å²) in [6.07, 6.45) is -10.00. The van der Waals surface area contributed by atoms with Gasteiger partial charge in [-0.05, 0) is 48.9 Å². The molecule has 0 radical (unpaired) electrons. The summed E-state index contributed by atoms with van der Waals surface area (Å²) in [5, 5.41) is 5.27. The molecule has 0 saturated carbocycles. The summed E-state index contributed by atoms with van der Waals surface area (Å²) < 4.78 is 77.1. The Morgan fingerprint density at radius 2 is 1.40 bits per heavy atom. The van der Waals surface area contributed by atoms with Crippen molar-refractivity contribution in [1.82, 2.24) is 5.32 Å². The first-order chi connectivity index (χ1) is 13.9. The van der Waals surface area contributed by atoms with Gasteiger partial charge in [0.05, 0.1) is 11.1 Å². The maximum absolute atomic E-state index is 12.8. The number of carbonyl (C=O) groups excluding carboxylic acids is 2. The number of carbonyl (C=O) groups is 2. The van der Waals surface area contributed by atoms with E-state index in [1.54, 1.807) is 24.3 Å². The van der Waals surface area contributed by atoms with Gasteiger partial charge in [0.25, 0.3) is 5.91 Å². The van der Waals surface area contributed by atoms with E-state index in [1.807, 2.05) is 0 Å². The van der Waals surface area contributed by atoms with Gasteiger partial charge in [-0.15, -0.1) is 0 Å². The zero-order valence-corrected chi connectivity index (χ0v) is 15.9. The highest BCUT2D eigenvalue weighted by Gasteiger charge is 2.37. The van der Waals surface area contributed by atoms with Crippen LogP contribution in [-0.4, -0.2) is 18.4 Å². The topological polar surface area (TPSA) is 58.2 Å². The molecule has 2 aromatic rings. The molecule has 11 heteroatoms. The predicted octanol–water partition coefficient (Wildman–Crippen LogP) is 5.53. The molecule has 2 aromatic carbocycles. The molecule has 2 N–H and O–H groups in total. The average molecular weight is 453 g/mol. The van der Waals surface area contributed by atoms with Crippen molar-refractivity contribution < 1.29 is 35.9 Å². The molecule has 0 atom stereocenters. The van der Waals surface area contributed by atoms with Gasteiger partial charge in [0, 0.05) is 29.2 Å². The van der Waals surface area contributed by atoms with Crippen molar-refractivity contribution in [2.75, 3.05) is 11.9 Å². The molecule has 0 aliphatic rings. The molecule has 0 aromatic heterocycles. The molecule has 0 fully saturated rings. The highest BCUT2D eigenvalue weighted by atomic mass is 35.5. The van der Waals surface area contributed by atoms with Crippen molar-refractivity contribution in [2.24, 2.45) is 0 Å². The molecule has 2 rings (SSSR count). The van der Waals surface area contributed by atoms with Gasteiger partial charge < -0.3 is 10.6 Å². The Bertz CT molecular complexity index is 878. The minimum Gasteiger partial charge on any atom is -0.352 e. The van der Waals surface area contributed by atoms with Gasteiger partial charge in [0.2, 0.25) is 5.91 Å². The minimum absolute atomic E-state index is 0.0285. The van der Waals surface area contributed by atoms with Crippen LogP contribution in [0.4, 0.5) is 32.0 Å². The van der Waals surface area contributed by atoms with E-state index >= 15 is 0 Å². The lowest BCUT2D eigenvalue weighted by atomic mass is 10.0. The lowest BCUT2D eigenvalue weighted by molar-refractivity contribution is -0.143. The molecule has 30 heavy (non-hydrogen) atoms. The third-order valence-electron chi connectivity index (χ3n) is 3.84. The van der Waals surface area contributed by atoms with Crippen LogP contribution >= 0.6 is 11.6 Å². The number of nitrogens with one attached hydrogen (secondary N) is 2. The van der Waals surface area contributed by atoms with Crippen LogP contribution in [0.2, 0.25) is 5.02 Å². The monoisotopic (exact) mass is 452 g/mol. The highest BCUT2D eigenvalue weighted by Crippen LogP contribution is 2.36. The molecule has 2 amide bonds. The van der Waals surface area contributed by atoms with Crippen molar-refractivity contribution in [2.45, 2.75) is 25.2 Å². The Labute approximate surface area is 172 Å². The summed E-state index contributed by atoms with van der Waals surface area (Å²) >= 11 is 5.72. The first-order valence-electron chi connectivity index (χ1n) is 8.49. The van der Waals surface area contributed by atoms with Crippen LogP contribution in [0.3, 0.4) is 0 Å². The van der Waals surface area contributed by atoms with Gasteiger partial charge in [-0.2, -0.15) is 26.3 Å². The fourth-order valence-corrected chi connectivity index (χ4v) is 2.52. The Balaban J connectivity index is 1.94. The van der Waals surface area contributed by atoms with E-state index in [2.05, 4.69) is 10.6 Å². The van der Waals surface area contributed by atoms with Gasteiger partial charge in [-0.3, -0.25) is 9.59 Å². The lowest BCUT2D eigenvalue weighted by Crippen LogP contribution is -2.26. The van der Waals surface area contributed by atoms with Gasteiger partial charge in [-0.25, -0.2) is 0 Å². The maximum Gasteiger partial charge on any atom is 0.416 e. The fraction of sp³-hybridized carbons (Fsp3) is 0.263. The molecule has 162 valence electrons. The zero-order chi connectivity index (χ0) is 22.5. The normalized spacial score (nSPS) is 11.8. The van der Waals surface area contributed by atoms with Crippen LogP contribution in [0.5, 0.6) is 0 Å². The average Bonchev–Trinajstić information content (AvgIpc) is 2.65. The second kappa shape index (κ2) is 9.38. The van der Waals surface area contributed by atoms with E-state index in [9.17, 15) is 35.9 Å². The summed E-state index contributed by atoms with van der Waals surface area (Å²) in [5.74, 6) is -1.49. The van der Waals surface area contributed by atoms with E-state index in [0.29, 0.717) is 22.8 Å². The molecule has 0 saturated heterocycles. The molecule has 0 spiro atoms. The SMILES string of the molecule is O=C(CCCNC(=O)c1cc(C(F)(F)F)cc(C(F)(F)F)c1)Nc1ccc(Cl)cc1. The number of amides is 2. The van der Waals surface area contributed by atoms with Crippen molar-refractivity contribution >= 4 is 29.1 Å². The Kier molecular flexibility index (Phi) is 7.35. The van der Waals surface area contributed by atoms with Gasteiger partial charge in [-0.1, -0.05) is 11.6 Å². The molecule has 4 nitrogen and oxygen atoms in total. The van der Waals surface area contributed by atoms with Gasteiger partial charge >= 0.3 is 12.4 Å². The third kappa shape index (κ3) is 6.94. The first-order valence-corrected chi connectivity index (χ1v) is 8.87. The van der Waals surface area contributed by atoms with Crippen LogP contribution in [-0.2, 0) is 17.1 Å². The van der Waals surface area contributed by atoms with Crippen LogP contribution in [0.15, 0.2) is 42.5 Å². The number of alkyl halides is 6. The summed E-state index contributed by atoms with van der Waals surface area (Å²) in [7, 11) is 0. The summed E-state index contributed by atoms with van der Waals surface area (Å²) in [6, 6.07) is 6.93. The predicted molar refractivity (Wildman–Crippen MR) is 98.1 cm³/mol. The summed E-state index contributed by atoms with van der Waals surface area (Å²) in [5.41, 5.74) is -3.44. The van der Waals surface area contributed by atoms with Crippen molar-refractivity contribution in [3.8, 4) is 0 Å². The minimum atomic E-state index is -5.05. The third-order valence-corrected chi connectivity index (χ3v) is 4.10. The van der Waals surface area contributed by atoms with E-state index in [1.165, 1.54) is 0 Å². The summed E-state index contributed by atoms with van der Waals surface area (Å²) in [4.78, 5) is 23.8. The standard InChI is InChI=1S/C19H15ClF6N2O2/c20-14-3-5-15(6-4-14)28-16(29)2-1-7-27-17(30)11-8-12(18(21,22)23)10-13(9-11)19(24,25)26/h3-6,8-10H,1-2,7H2,(H,27,30)(H,28,29). The molecule has 0 unspecified atom stereocenters. The van der Waals surface area contributed by atoms with Gasteiger partial charge in [0.1, 0.15) is 0 Å². The molecule has 0 bridgehead atoms. The number of halogens is 7. The smallest absolute Gasteiger partial charge is 0.352 e. The molecule has 0 aliphatic heterocycles. The highest BCUT2D eigenvalue weighted by molar-refractivity contribution is 6.30. The number of benzene rings is 2. The van der Waals surface area contributed by atoms with E-state index in [4.69, 9.17) is 11.6 Å².